The highest BCUT2D eigenvalue weighted by molar-refractivity contribution is 7.89. The summed E-state index contributed by atoms with van der Waals surface area (Å²) in [5, 5.41) is 0.157. The van der Waals surface area contributed by atoms with E-state index in [2.05, 4.69) is 9.71 Å². The fraction of sp³-hybridized carbons (Fsp3) is 0.300. The van der Waals surface area contributed by atoms with Crippen molar-refractivity contribution in [1.82, 2.24) is 9.71 Å². The third-order valence-electron chi connectivity index (χ3n) is 1.79. The molecule has 0 aliphatic heterocycles. The fourth-order valence-electron chi connectivity index (χ4n) is 0.991. The number of pyridine rings is 1. The van der Waals surface area contributed by atoms with E-state index in [-0.39, 0.29) is 16.6 Å². The Morgan fingerprint density at radius 3 is 2.81 bits per heavy atom. The van der Waals surface area contributed by atoms with Crippen molar-refractivity contribution in [3.8, 4) is 0 Å². The second-order valence-electron chi connectivity index (χ2n) is 3.45. The van der Waals surface area contributed by atoms with Gasteiger partial charge in [-0.05, 0) is 26.0 Å². The largest absolute Gasteiger partial charge is 0.244 e. The Hall–Kier alpha value is -0.910. The third-order valence-corrected chi connectivity index (χ3v) is 3.42. The first-order valence-corrected chi connectivity index (χ1v) is 6.52. The van der Waals surface area contributed by atoms with Crippen LogP contribution in [0.2, 0.25) is 5.15 Å². The van der Waals surface area contributed by atoms with Gasteiger partial charge in [0.15, 0.2) is 0 Å². The molecule has 4 nitrogen and oxygen atoms in total. The van der Waals surface area contributed by atoms with E-state index in [1.807, 2.05) is 13.8 Å². The number of allylic oxidation sites excluding steroid dienone is 1. The Balaban J connectivity index is 2.83. The molecule has 1 aromatic rings. The average molecular weight is 261 g/mol. The predicted molar refractivity (Wildman–Crippen MR) is 63.9 cm³/mol. The van der Waals surface area contributed by atoms with Gasteiger partial charge >= 0.3 is 0 Å². The van der Waals surface area contributed by atoms with E-state index in [0.717, 1.165) is 5.57 Å². The van der Waals surface area contributed by atoms with Gasteiger partial charge in [0.25, 0.3) is 0 Å². The van der Waals surface area contributed by atoms with Crippen LogP contribution in [0.1, 0.15) is 13.8 Å². The second kappa shape index (κ2) is 5.43. The minimum atomic E-state index is -3.50. The summed E-state index contributed by atoms with van der Waals surface area (Å²) in [4.78, 5) is 3.84. The first-order chi connectivity index (χ1) is 7.42. The molecule has 1 N–H and O–H groups in total. The molecule has 0 fully saturated rings. The van der Waals surface area contributed by atoms with Gasteiger partial charge in [-0.2, -0.15) is 0 Å². The van der Waals surface area contributed by atoms with Gasteiger partial charge in [-0.25, -0.2) is 18.1 Å². The Bertz CT molecular complexity index is 493. The molecule has 0 aromatic carbocycles. The van der Waals surface area contributed by atoms with Gasteiger partial charge in [-0.1, -0.05) is 23.3 Å². The number of halogens is 1. The van der Waals surface area contributed by atoms with Gasteiger partial charge < -0.3 is 0 Å². The first kappa shape index (κ1) is 13.2. The molecular formula is C10H13ClN2O2S. The number of nitrogens with zero attached hydrogens (tertiary/aromatic N) is 1. The van der Waals surface area contributed by atoms with E-state index in [1.165, 1.54) is 18.3 Å². The number of aromatic nitrogens is 1. The molecule has 0 aliphatic carbocycles. The number of rotatable bonds is 4. The van der Waals surface area contributed by atoms with Gasteiger partial charge in [-0.15, -0.1) is 0 Å². The van der Waals surface area contributed by atoms with Gasteiger partial charge in [0.05, 0.1) is 4.90 Å². The molecule has 0 amide bonds. The van der Waals surface area contributed by atoms with E-state index in [1.54, 1.807) is 6.08 Å². The van der Waals surface area contributed by atoms with Crippen molar-refractivity contribution in [2.24, 2.45) is 0 Å². The summed E-state index contributed by atoms with van der Waals surface area (Å²) >= 11 is 5.62. The maximum Gasteiger partial charge on any atom is 0.241 e. The zero-order chi connectivity index (χ0) is 12.2. The highest BCUT2D eigenvalue weighted by atomic mass is 35.5. The minimum Gasteiger partial charge on any atom is -0.244 e. The van der Waals surface area contributed by atoms with Crippen LogP contribution in [0.15, 0.2) is 34.9 Å². The summed E-state index contributed by atoms with van der Waals surface area (Å²) in [6.45, 7) is 4.07. The molecule has 0 aliphatic rings. The maximum atomic E-state index is 11.7. The van der Waals surface area contributed by atoms with Crippen molar-refractivity contribution >= 4 is 21.6 Å². The molecule has 0 spiro atoms. The second-order valence-corrected chi connectivity index (χ2v) is 5.60. The van der Waals surface area contributed by atoms with Gasteiger partial charge in [0, 0.05) is 12.7 Å². The molecule has 0 saturated carbocycles. The van der Waals surface area contributed by atoms with Crippen molar-refractivity contribution in [3.63, 3.8) is 0 Å². The lowest BCUT2D eigenvalue weighted by Gasteiger charge is -2.04. The van der Waals surface area contributed by atoms with Crippen LogP contribution in [0.4, 0.5) is 0 Å². The fourth-order valence-corrected chi connectivity index (χ4v) is 2.21. The van der Waals surface area contributed by atoms with Crippen LogP contribution in [0.5, 0.6) is 0 Å². The molecule has 0 radical (unpaired) electrons. The summed E-state index contributed by atoms with van der Waals surface area (Å²) in [6, 6.07) is 2.71. The average Bonchev–Trinajstić information content (AvgIpc) is 2.16. The Morgan fingerprint density at radius 2 is 2.25 bits per heavy atom. The molecule has 0 bridgehead atoms. The molecule has 16 heavy (non-hydrogen) atoms. The van der Waals surface area contributed by atoms with Crippen LogP contribution < -0.4 is 4.72 Å². The predicted octanol–water partition coefficient (Wildman–Crippen LogP) is 1.98. The van der Waals surface area contributed by atoms with Crippen LogP contribution in [-0.2, 0) is 10.0 Å². The van der Waals surface area contributed by atoms with Crippen molar-refractivity contribution in [1.29, 1.82) is 0 Å². The van der Waals surface area contributed by atoms with Crippen molar-refractivity contribution in [2.75, 3.05) is 6.54 Å². The number of sulfonamides is 1. The standard InChI is InChI=1S/C10H13ClN2O2S/c1-8(2)3-6-13-16(14,15)9-4-5-12-10(11)7-9/h3-5,7,13H,6H2,1-2H3. The molecule has 0 saturated heterocycles. The van der Waals surface area contributed by atoms with Crippen LogP contribution in [0, 0.1) is 0 Å². The molecule has 1 heterocycles. The van der Waals surface area contributed by atoms with Crippen LogP contribution in [-0.4, -0.2) is 19.9 Å². The third kappa shape index (κ3) is 3.92. The van der Waals surface area contributed by atoms with Gasteiger partial charge in [-0.3, -0.25) is 0 Å². The van der Waals surface area contributed by atoms with Crippen molar-refractivity contribution in [2.45, 2.75) is 18.7 Å². The zero-order valence-corrected chi connectivity index (χ0v) is 10.6. The summed E-state index contributed by atoms with van der Waals surface area (Å²) in [6.07, 6.45) is 3.15. The van der Waals surface area contributed by atoms with E-state index in [9.17, 15) is 8.42 Å². The van der Waals surface area contributed by atoms with Gasteiger partial charge in [0.2, 0.25) is 10.0 Å². The maximum absolute atomic E-state index is 11.7. The SMILES string of the molecule is CC(C)=CCNS(=O)(=O)c1ccnc(Cl)c1. The summed E-state index contributed by atoms with van der Waals surface area (Å²) in [5.41, 5.74) is 1.05. The monoisotopic (exact) mass is 260 g/mol. The lowest BCUT2D eigenvalue weighted by molar-refractivity contribution is 0.585. The highest BCUT2D eigenvalue weighted by Gasteiger charge is 2.12. The summed E-state index contributed by atoms with van der Waals surface area (Å²) in [7, 11) is -3.50. The van der Waals surface area contributed by atoms with Gasteiger partial charge in [0.1, 0.15) is 5.15 Å². The Morgan fingerprint density at radius 1 is 1.56 bits per heavy atom. The van der Waals surface area contributed by atoms with E-state index in [0.29, 0.717) is 0 Å². The normalized spacial score (nSPS) is 11.2. The van der Waals surface area contributed by atoms with Crippen LogP contribution >= 0.6 is 11.6 Å². The van der Waals surface area contributed by atoms with E-state index >= 15 is 0 Å². The molecule has 0 unspecified atom stereocenters. The van der Waals surface area contributed by atoms with Crippen molar-refractivity contribution < 1.29 is 8.42 Å². The van der Waals surface area contributed by atoms with Crippen LogP contribution in [0.3, 0.4) is 0 Å². The van der Waals surface area contributed by atoms with Crippen molar-refractivity contribution in [3.05, 3.63) is 35.1 Å². The topological polar surface area (TPSA) is 59.1 Å². The van der Waals surface area contributed by atoms with Crippen LogP contribution in [0.25, 0.3) is 0 Å². The summed E-state index contributed by atoms with van der Waals surface area (Å²) < 4.78 is 25.9. The first-order valence-electron chi connectivity index (χ1n) is 4.66. The Labute approximate surface area is 100 Å². The highest BCUT2D eigenvalue weighted by Crippen LogP contribution is 2.12. The molecule has 1 aromatic heterocycles. The molecule has 88 valence electrons. The zero-order valence-electron chi connectivity index (χ0n) is 9.07. The quantitative estimate of drug-likeness (QED) is 0.665. The molecule has 6 heteroatoms. The smallest absolute Gasteiger partial charge is 0.241 e. The Kier molecular flexibility index (Phi) is 4.46. The summed E-state index contributed by atoms with van der Waals surface area (Å²) in [5.74, 6) is 0. The van der Waals surface area contributed by atoms with E-state index in [4.69, 9.17) is 11.6 Å². The lowest BCUT2D eigenvalue weighted by atomic mass is 10.3. The lowest BCUT2D eigenvalue weighted by Crippen LogP contribution is -2.23. The number of hydrogen-bond donors (Lipinski definition) is 1. The molecular weight excluding hydrogens is 248 g/mol. The number of hydrogen-bond acceptors (Lipinski definition) is 3. The molecule has 0 atom stereocenters. The van der Waals surface area contributed by atoms with E-state index < -0.39 is 10.0 Å². The molecule has 1 rings (SSSR count). The minimum absolute atomic E-state index is 0.120. The number of nitrogens with one attached hydrogen (secondary N) is 1.